The number of thiophene rings is 1. The first-order valence-corrected chi connectivity index (χ1v) is 8.46. The zero-order valence-corrected chi connectivity index (χ0v) is 15.1. The van der Waals surface area contributed by atoms with E-state index in [1.165, 1.54) is 23.5 Å². The standard InChI is InChI=1S/C14H12Br2FNO2S/c1-18(14(19)12-8-11(15)13(16)21-12)5-6-20-10-4-2-3-9(17)7-10/h2-4,7-8H,5-6H2,1H3. The van der Waals surface area contributed by atoms with Crippen molar-refractivity contribution < 1.29 is 13.9 Å². The van der Waals surface area contributed by atoms with E-state index in [-0.39, 0.29) is 11.7 Å². The Kier molecular flexibility index (Phi) is 5.78. The topological polar surface area (TPSA) is 29.5 Å². The highest BCUT2D eigenvalue weighted by Crippen LogP contribution is 2.32. The van der Waals surface area contributed by atoms with Crippen molar-refractivity contribution in [3.8, 4) is 5.75 Å². The molecule has 0 aliphatic heterocycles. The first-order valence-electron chi connectivity index (χ1n) is 6.06. The lowest BCUT2D eigenvalue weighted by Crippen LogP contribution is -2.30. The van der Waals surface area contributed by atoms with E-state index < -0.39 is 0 Å². The van der Waals surface area contributed by atoms with Gasteiger partial charge >= 0.3 is 0 Å². The van der Waals surface area contributed by atoms with E-state index in [0.29, 0.717) is 23.8 Å². The minimum Gasteiger partial charge on any atom is -0.492 e. The number of hydrogen-bond donors (Lipinski definition) is 0. The van der Waals surface area contributed by atoms with Crippen LogP contribution in [-0.2, 0) is 0 Å². The number of likely N-dealkylation sites (N-methyl/N-ethyl adjacent to an activating group) is 1. The number of carbonyl (C=O) groups is 1. The Morgan fingerprint density at radius 2 is 2.14 bits per heavy atom. The lowest BCUT2D eigenvalue weighted by Gasteiger charge is -2.16. The first kappa shape index (κ1) is 16.5. The van der Waals surface area contributed by atoms with E-state index in [2.05, 4.69) is 31.9 Å². The van der Waals surface area contributed by atoms with Gasteiger partial charge in [0.15, 0.2) is 0 Å². The number of ether oxygens (including phenoxy) is 1. The predicted molar refractivity (Wildman–Crippen MR) is 88.6 cm³/mol. The number of nitrogens with zero attached hydrogens (tertiary/aromatic N) is 1. The van der Waals surface area contributed by atoms with Gasteiger partial charge in [0, 0.05) is 17.6 Å². The maximum Gasteiger partial charge on any atom is 0.263 e. The highest BCUT2D eigenvalue weighted by molar-refractivity contribution is 9.13. The molecule has 112 valence electrons. The molecule has 1 aromatic heterocycles. The van der Waals surface area contributed by atoms with Crippen molar-refractivity contribution in [1.82, 2.24) is 4.90 Å². The average Bonchev–Trinajstić information content (AvgIpc) is 2.78. The van der Waals surface area contributed by atoms with Gasteiger partial charge in [-0.2, -0.15) is 0 Å². The number of halogens is 3. The molecule has 1 amide bonds. The van der Waals surface area contributed by atoms with Crippen molar-refractivity contribution >= 4 is 49.1 Å². The second-order valence-corrected chi connectivity index (χ2v) is 7.49. The average molecular weight is 437 g/mol. The fourth-order valence-corrected chi connectivity index (χ4v) is 3.63. The fourth-order valence-electron chi connectivity index (χ4n) is 1.60. The summed E-state index contributed by atoms with van der Waals surface area (Å²) in [5.41, 5.74) is 0. The van der Waals surface area contributed by atoms with Crippen molar-refractivity contribution in [2.75, 3.05) is 20.2 Å². The summed E-state index contributed by atoms with van der Waals surface area (Å²) < 4.78 is 20.2. The van der Waals surface area contributed by atoms with Gasteiger partial charge in [0.25, 0.3) is 5.91 Å². The van der Waals surface area contributed by atoms with Gasteiger partial charge in [-0.1, -0.05) is 6.07 Å². The van der Waals surface area contributed by atoms with E-state index in [9.17, 15) is 9.18 Å². The quantitative estimate of drug-likeness (QED) is 0.687. The van der Waals surface area contributed by atoms with Crippen LogP contribution in [-0.4, -0.2) is 31.0 Å². The molecular weight excluding hydrogens is 425 g/mol. The lowest BCUT2D eigenvalue weighted by atomic mass is 10.3. The molecule has 0 aliphatic carbocycles. The largest absolute Gasteiger partial charge is 0.492 e. The highest BCUT2D eigenvalue weighted by atomic mass is 79.9. The summed E-state index contributed by atoms with van der Waals surface area (Å²) in [5, 5.41) is 0. The predicted octanol–water partition coefficient (Wildman–Crippen LogP) is 4.56. The molecule has 1 aromatic carbocycles. The van der Waals surface area contributed by atoms with E-state index in [1.54, 1.807) is 30.1 Å². The van der Waals surface area contributed by atoms with Crippen LogP contribution in [0.4, 0.5) is 4.39 Å². The van der Waals surface area contributed by atoms with Crippen LogP contribution in [0.15, 0.2) is 38.6 Å². The summed E-state index contributed by atoms with van der Waals surface area (Å²) in [4.78, 5) is 14.4. The van der Waals surface area contributed by atoms with E-state index in [4.69, 9.17) is 4.74 Å². The molecule has 3 nitrogen and oxygen atoms in total. The highest BCUT2D eigenvalue weighted by Gasteiger charge is 2.16. The summed E-state index contributed by atoms with van der Waals surface area (Å²) in [7, 11) is 1.71. The van der Waals surface area contributed by atoms with Crippen LogP contribution in [0.5, 0.6) is 5.75 Å². The van der Waals surface area contributed by atoms with Gasteiger partial charge in [0.05, 0.1) is 15.2 Å². The van der Waals surface area contributed by atoms with Crippen LogP contribution in [0.1, 0.15) is 9.67 Å². The molecule has 2 rings (SSSR count). The fraction of sp³-hybridized carbons (Fsp3) is 0.214. The third kappa shape index (κ3) is 4.52. The van der Waals surface area contributed by atoms with Crippen LogP contribution < -0.4 is 4.74 Å². The number of carbonyl (C=O) groups excluding carboxylic acids is 1. The van der Waals surface area contributed by atoms with E-state index >= 15 is 0 Å². The number of benzene rings is 1. The molecule has 0 radical (unpaired) electrons. The summed E-state index contributed by atoms with van der Waals surface area (Å²) in [5.74, 6) is 0.0388. The van der Waals surface area contributed by atoms with Crippen molar-refractivity contribution in [2.24, 2.45) is 0 Å². The van der Waals surface area contributed by atoms with Crippen LogP contribution >= 0.6 is 43.2 Å². The number of hydrogen-bond acceptors (Lipinski definition) is 3. The lowest BCUT2D eigenvalue weighted by molar-refractivity contribution is 0.0778. The molecule has 21 heavy (non-hydrogen) atoms. The third-order valence-corrected chi connectivity index (χ3v) is 5.94. The van der Waals surface area contributed by atoms with Gasteiger partial charge in [-0.3, -0.25) is 4.79 Å². The second kappa shape index (κ2) is 7.38. The van der Waals surface area contributed by atoms with Gasteiger partial charge in [-0.05, 0) is 50.1 Å². The molecule has 0 spiro atoms. The molecule has 0 unspecified atom stereocenters. The Morgan fingerprint density at radius 1 is 1.38 bits per heavy atom. The van der Waals surface area contributed by atoms with Crippen LogP contribution in [0.3, 0.4) is 0 Å². The molecular formula is C14H12Br2FNO2S. The Labute approximate surface area is 143 Å². The van der Waals surface area contributed by atoms with Gasteiger partial charge in [0.1, 0.15) is 18.2 Å². The maximum absolute atomic E-state index is 13.0. The van der Waals surface area contributed by atoms with Crippen LogP contribution in [0, 0.1) is 5.82 Å². The SMILES string of the molecule is CN(CCOc1cccc(F)c1)C(=O)c1cc(Br)c(Br)s1. The normalized spacial score (nSPS) is 10.5. The van der Waals surface area contributed by atoms with E-state index in [1.807, 2.05) is 0 Å². The molecule has 0 saturated heterocycles. The molecule has 0 bridgehead atoms. The zero-order valence-electron chi connectivity index (χ0n) is 11.1. The Morgan fingerprint density at radius 3 is 2.76 bits per heavy atom. The molecule has 0 fully saturated rings. The van der Waals surface area contributed by atoms with Gasteiger partial charge < -0.3 is 9.64 Å². The molecule has 2 aromatic rings. The molecule has 0 saturated carbocycles. The number of amides is 1. The Bertz CT molecular complexity index is 628. The minimum atomic E-state index is -0.342. The van der Waals surface area contributed by atoms with Gasteiger partial charge in [0.2, 0.25) is 0 Å². The summed E-state index contributed by atoms with van der Waals surface area (Å²) in [6.45, 7) is 0.724. The van der Waals surface area contributed by atoms with Crippen molar-refractivity contribution in [3.05, 3.63) is 49.3 Å². The molecule has 1 heterocycles. The zero-order chi connectivity index (χ0) is 15.4. The third-order valence-electron chi connectivity index (χ3n) is 2.69. The van der Waals surface area contributed by atoms with Gasteiger partial charge in [-0.15, -0.1) is 11.3 Å². The Hall–Kier alpha value is -0.920. The van der Waals surface area contributed by atoms with Crippen LogP contribution in [0.2, 0.25) is 0 Å². The van der Waals surface area contributed by atoms with Crippen molar-refractivity contribution in [3.63, 3.8) is 0 Å². The molecule has 0 N–H and O–H groups in total. The summed E-state index contributed by atoms with van der Waals surface area (Å²) in [6.07, 6.45) is 0. The molecule has 0 atom stereocenters. The van der Waals surface area contributed by atoms with Gasteiger partial charge in [-0.25, -0.2) is 4.39 Å². The summed E-state index contributed by atoms with van der Waals surface area (Å²) in [6, 6.07) is 7.71. The first-order chi connectivity index (χ1) is 9.97. The summed E-state index contributed by atoms with van der Waals surface area (Å²) >= 11 is 8.09. The van der Waals surface area contributed by atoms with Crippen molar-refractivity contribution in [2.45, 2.75) is 0 Å². The van der Waals surface area contributed by atoms with Crippen molar-refractivity contribution in [1.29, 1.82) is 0 Å². The smallest absolute Gasteiger partial charge is 0.263 e. The monoisotopic (exact) mass is 435 g/mol. The Balaban J connectivity index is 1.87. The number of rotatable bonds is 5. The van der Waals surface area contributed by atoms with Crippen LogP contribution in [0.25, 0.3) is 0 Å². The molecule has 7 heteroatoms. The van der Waals surface area contributed by atoms with E-state index in [0.717, 1.165) is 8.26 Å². The second-order valence-electron chi connectivity index (χ2n) is 4.26. The maximum atomic E-state index is 13.0. The molecule has 0 aliphatic rings. The minimum absolute atomic E-state index is 0.0748.